The highest BCUT2D eigenvalue weighted by Crippen LogP contribution is 2.20. The smallest absolute Gasteiger partial charge is 0.141 e. The number of halogens is 2. The van der Waals surface area contributed by atoms with Crippen molar-refractivity contribution in [3.8, 4) is 5.75 Å². The van der Waals surface area contributed by atoms with E-state index in [1.807, 2.05) is 13.8 Å². The first kappa shape index (κ1) is 12.5. The molecule has 1 rings (SSSR count). The molecule has 0 aliphatic carbocycles. The molecule has 0 bridgehead atoms. The Labute approximate surface area is 97.5 Å². The van der Waals surface area contributed by atoms with Crippen LogP contribution in [0.15, 0.2) is 22.7 Å². The van der Waals surface area contributed by atoms with Gasteiger partial charge < -0.3 is 9.47 Å². The van der Waals surface area contributed by atoms with Gasteiger partial charge in [-0.1, -0.05) is 0 Å². The van der Waals surface area contributed by atoms with Crippen LogP contribution in [0.1, 0.15) is 13.8 Å². The average Bonchev–Trinajstić information content (AvgIpc) is 2.20. The lowest BCUT2D eigenvalue weighted by atomic mass is 10.3. The van der Waals surface area contributed by atoms with E-state index in [0.717, 1.165) is 0 Å². The summed E-state index contributed by atoms with van der Waals surface area (Å²) in [4.78, 5) is 0. The Morgan fingerprint density at radius 1 is 1.47 bits per heavy atom. The second kappa shape index (κ2) is 6.08. The molecule has 0 saturated carbocycles. The number of hydrogen-bond acceptors (Lipinski definition) is 2. The van der Waals surface area contributed by atoms with Crippen molar-refractivity contribution in [2.24, 2.45) is 0 Å². The fourth-order valence-electron chi connectivity index (χ4n) is 1.11. The fraction of sp³-hybridized carbons (Fsp3) is 0.455. The van der Waals surface area contributed by atoms with Crippen LogP contribution in [0.2, 0.25) is 0 Å². The van der Waals surface area contributed by atoms with E-state index in [-0.39, 0.29) is 11.9 Å². The van der Waals surface area contributed by atoms with E-state index in [1.54, 1.807) is 12.1 Å². The summed E-state index contributed by atoms with van der Waals surface area (Å²) in [6.07, 6.45) is 0.0155. The lowest BCUT2D eigenvalue weighted by Gasteiger charge is -2.13. The van der Waals surface area contributed by atoms with Crippen molar-refractivity contribution in [2.75, 3.05) is 13.2 Å². The Bertz CT molecular complexity index is 317. The van der Waals surface area contributed by atoms with E-state index < -0.39 is 0 Å². The maximum atomic E-state index is 13.1. The van der Waals surface area contributed by atoms with Gasteiger partial charge in [-0.3, -0.25) is 0 Å². The molecular weight excluding hydrogens is 263 g/mol. The van der Waals surface area contributed by atoms with Crippen LogP contribution >= 0.6 is 15.9 Å². The van der Waals surface area contributed by atoms with Crippen LogP contribution in [0.5, 0.6) is 5.75 Å². The highest BCUT2D eigenvalue weighted by molar-refractivity contribution is 9.10. The number of ether oxygens (including phenoxy) is 2. The first-order valence-electron chi connectivity index (χ1n) is 4.83. The number of hydrogen-bond donors (Lipinski definition) is 0. The van der Waals surface area contributed by atoms with E-state index in [1.165, 1.54) is 6.07 Å². The molecule has 1 aromatic rings. The second-order valence-electron chi connectivity index (χ2n) is 3.15. The minimum atomic E-state index is -0.323. The molecule has 0 aromatic heterocycles. The summed E-state index contributed by atoms with van der Waals surface area (Å²) < 4.78 is 24.2. The van der Waals surface area contributed by atoms with Crippen LogP contribution < -0.4 is 4.74 Å². The van der Waals surface area contributed by atoms with Gasteiger partial charge in [-0.05, 0) is 41.9 Å². The lowest BCUT2D eigenvalue weighted by molar-refractivity contribution is 0.0401. The van der Waals surface area contributed by atoms with Crippen molar-refractivity contribution in [1.82, 2.24) is 0 Å². The summed E-state index contributed by atoms with van der Waals surface area (Å²) in [5, 5.41) is 0. The molecule has 0 heterocycles. The quantitative estimate of drug-likeness (QED) is 0.821. The summed E-state index contributed by atoms with van der Waals surface area (Å²) in [6, 6.07) is 4.69. The normalized spacial score (nSPS) is 12.5. The Hall–Kier alpha value is -0.610. The van der Waals surface area contributed by atoms with Crippen LogP contribution in [0.25, 0.3) is 0 Å². The molecule has 0 aliphatic rings. The van der Waals surface area contributed by atoms with E-state index in [4.69, 9.17) is 9.47 Å². The van der Waals surface area contributed by atoms with Crippen LogP contribution in [0, 0.1) is 5.82 Å². The molecule has 0 fully saturated rings. The Kier molecular flexibility index (Phi) is 5.05. The van der Waals surface area contributed by atoms with Gasteiger partial charge in [0.2, 0.25) is 0 Å². The molecule has 1 unspecified atom stereocenters. The van der Waals surface area contributed by atoms with Crippen LogP contribution in [0.3, 0.4) is 0 Å². The van der Waals surface area contributed by atoms with Crippen LogP contribution in [0.4, 0.5) is 4.39 Å². The zero-order valence-corrected chi connectivity index (χ0v) is 10.4. The van der Waals surface area contributed by atoms with E-state index >= 15 is 0 Å². The summed E-state index contributed by atoms with van der Waals surface area (Å²) in [7, 11) is 0. The molecule has 15 heavy (non-hydrogen) atoms. The van der Waals surface area contributed by atoms with Crippen molar-refractivity contribution < 1.29 is 13.9 Å². The van der Waals surface area contributed by atoms with Crippen LogP contribution in [-0.2, 0) is 4.74 Å². The molecule has 2 nitrogen and oxygen atoms in total. The largest absolute Gasteiger partial charge is 0.491 e. The second-order valence-corrected chi connectivity index (χ2v) is 4.01. The van der Waals surface area contributed by atoms with Gasteiger partial charge in [0.1, 0.15) is 18.2 Å². The van der Waals surface area contributed by atoms with Gasteiger partial charge in [-0.25, -0.2) is 4.39 Å². The molecular formula is C11H14BrFO2. The summed E-state index contributed by atoms with van der Waals surface area (Å²) in [5.74, 6) is 0.193. The molecule has 0 radical (unpaired) electrons. The molecule has 0 aliphatic heterocycles. The van der Waals surface area contributed by atoms with Gasteiger partial charge in [0.15, 0.2) is 0 Å². The minimum absolute atomic E-state index is 0.0155. The highest BCUT2D eigenvalue weighted by Gasteiger charge is 2.04. The summed E-state index contributed by atoms with van der Waals surface area (Å²) >= 11 is 3.08. The minimum Gasteiger partial charge on any atom is -0.491 e. The van der Waals surface area contributed by atoms with Crippen molar-refractivity contribution in [1.29, 1.82) is 0 Å². The zero-order chi connectivity index (χ0) is 11.3. The molecule has 84 valence electrons. The summed E-state index contributed by atoms with van der Waals surface area (Å²) in [5.41, 5.74) is 0. The molecule has 1 aromatic carbocycles. The van der Waals surface area contributed by atoms with E-state index in [9.17, 15) is 4.39 Å². The van der Waals surface area contributed by atoms with Gasteiger partial charge in [0.25, 0.3) is 0 Å². The van der Waals surface area contributed by atoms with Crippen LogP contribution in [-0.4, -0.2) is 19.3 Å². The van der Waals surface area contributed by atoms with Crippen molar-refractivity contribution in [3.05, 3.63) is 28.5 Å². The summed E-state index contributed by atoms with van der Waals surface area (Å²) in [6.45, 7) is 4.92. The highest BCUT2D eigenvalue weighted by atomic mass is 79.9. The average molecular weight is 277 g/mol. The Morgan fingerprint density at radius 2 is 2.20 bits per heavy atom. The first-order chi connectivity index (χ1) is 7.13. The molecule has 0 N–H and O–H groups in total. The van der Waals surface area contributed by atoms with Crippen molar-refractivity contribution in [2.45, 2.75) is 20.0 Å². The molecule has 0 saturated heterocycles. The van der Waals surface area contributed by atoms with E-state index in [0.29, 0.717) is 23.4 Å². The molecule has 1 atom stereocenters. The topological polar surface area (TPSA) is 18.5 Å². The Balaban J connectivity index is 2.47. The first-order valence-corrected chi connectivity index (χ1v) is 5.62. The molecule has 0 spiro atoms. The monoisotopic (exact) mass is 276 g/mol. The van der Waals surface area contributed by atoms with Crippen molar-refractivity contribution in [3.63, 3.8) is 0 Å². The predicted molar refractivity (Wildman–Crippen MR) is 60.7 cm³/mol. The molecule has 0 amide bonds. The Morgan fingerprint density at radius 3 is 2.80 bits per heavy atom. The number of rotatable bonds is 5. The van der Waals surface area contributed by atoms with Crippen molar-refractivity contribution >= 4 is 15.9 Å². The third-order valence-electron chi connectivity index (χ3n) is 1.83. The van der Waals surface area contributed by atoms with Gasteiger partial charge in [-0.15, -0.1) is 0 Å². The van der Waals surface area contributed by atoms with Gasteiger partial charge >= 0.3 is 0 Å². The standard InChI is InChI=1S/C11H14BrFO2/c1-3-14-8(2)7-15-9-4-5-10(12)11(13)6-9/h4-6,8H,3,7H2,1-2H3. The van der Waals surface area contributed by atoms with Gasteiger partial charge in [-0.2, -0.15) is 0 Å². The lowest BCUT2D eigenvalue weighted by Crippen LogP contribution is -2.17. The third-order valence-corrected chi connectivity index (χ3v) is 2.47. The third kappa shape index (κ3) is 4.18. The molecule has 4 heteroatoms. The van der Waals surface area contributed by atoms with Gasteiger partial charge in [0.05, 0.1) is 10.6 Å². The fourth-order valence-corrected chi connectivity index (χ4v) is 1.36. The zero-order valence-electron chi connectivity index (χ0n) is 8.80. The predicted octanol–water partition coefficient (Wildman–Crippen LogP) is 3.39. The van der Waals surface area contributed by atoms with Gasteiger partial charge in [0, 0.05) is 12.7 Å². The van der Waals surface area contributed by atoms with E-state index in [2.05, 4.69) is 15.9 Å². The SMILES string of the molecule is CCOC(C)COc1ccc(Br)c(F)c1. The maximum Gasteiger partial charge on any atom is 0.141 e. The number of benzene rings is 1. The maximum absolute atomic E-state index is 13.1.